The predicted molar refractivity (Wildman–Crippen MR) is 88.6 cm³/mol. The van der Waals surface area contributed by atoms with E-state index >= 15 is 0 Å². The molecule has 5 heteroatoms. The molecule has 0 aliphatic carbocycles. The third-order valence-corrected chi connectivity index (χ3v) is 4.78. The second-order valence-electron chi connectivity index (χ2n) is 5.30. The molecule has 0 saturated heterocycles. The maximum atomic E-state index is 12.1. The Hall–Kier alpha value is -1.62. The number of para-hydroxylation sites is 1. The number of hydrogen-bond acceptors (Lipinski definition) is 3. The average Bonchev–Trinajstić information content (AvgIpc) is 2.90. The lowest BCUT2D eigenvalue weighted by molar-refractivity contribution is 0.204. The van der Waals surface area contributed by atoms with Crippen molar-refractivity contribution < 1.29 is 4.79 Å². The molecule has 0 bridgehead atoms. The number of carbonyl (C=O) groups excluding carboxylic acids is 1. The first kappa shape index (κ1) is 15.8. The summed E-state index contributed by atoms with van der Waals surface area (Å²) in [6.07, 6.45) is 2.19. The van der Waals surface area contributed by atoms with E-state index < -0.39 is 0 Å². The maximum Gasteiger partial charge on any atom is 0.317 e. The van der Waals surface area contributed by atoms with E-state index in [1.807, 2.05) is 25.2 Å². The smallest absolute Gasteiger partial charge is 0.317 e. The summed E-state index contributed by atoms with van der Waals surface area (Å²) in [5.41, 5.74) is 1.00. The van der Waals surface area contributed by atoms with Crippen molar-refractivity contribution in [2.24, 2.45) is 5.92 Å². The summed E-state index contributed by atoms with van der Waals surface area (Å²) in [5.74, 6) is 0.560. The minimum absolute atomic E-state index is 0.0267. The lowest BCUT2D eigenvalue weighted by atomic mass is 10.0. The van der Waals surface area contributed by atoms with E-state index in [9.17, 15) is 4.79 Å². The molecule has 0 aliphatic rings. The summed E-state index contributed by atoms with van der Waals surface area (Å²) < 4.78 is 1.17. The summed E-state index contributed by atoms with van der Waals surface area (Å²) in [4.78, 5) is 18.3. The highest BCUT2D eigenvalue weighted by Gasteiger charge is 2.13. The van der Waals surface area contributed by atoms with Gasteiger partial charge in [0.05, 0.1) is 16.8 Å². The van der Waals surface area contributed by atoms with Crippen LogP contribution in [0.1, 0.15) is 31.7 Å². The van der Waals surface area contributed by atoms with Gasteiger partial charge in [0, 0.05) is 13.6 Å². The zero-order valence-electron chi connectivity index (χ0n) is 12.9. The Bertz CT molecular complexity index is 559. The summed E-state index contributed by atoms with van der Waals surface area (Å²) in [6.45, 7) is 5.61. The molecule has 1 aromatic carbocycles. The first-order valence-corrected chi connectivity index (χ1v) is 8.29. The molecule has 21 heavy (non-hydrogen) atoms. The van der Waals surface area contributed by atoms with Crippen LogP contribution < -0.4 is 5.32 Å². The largest absolute Gasteiger partial charge is 0.338 e. The fourth-order valence-corrected chi connectivity index (χ4v) is 3.23. The van der Waals surface area contributed by atoms with Gasteiger partial charge in [-0.05, 0) is 18.1 Å². The molecule has 1 N–H and O–H groups in total. The number of fused-ring (bicyclic) bond motifs is 1. The van der Waals surface area contributed by atoms with Gasteiger partial charge < -0.3 is 10.2 Å². The number of hydrogen-bond donors (Lipinski definition) is 1. The minimum atomic E-state index is -0.0267. The van der Waals surface area contributed by atoms with Crippen molar-refractivity contribution in [2.75, 3.05) is 13.6 Å². The van der Waals surface area contributed by atoms with E-state index in [4.69, 9.17) is 0 Å². The zero-order valence-corrected chi connectivity index (χ0v) is 13.7. The lowest BCUT2D eigenvalue weighted by Gasteiger charge is -2.19. The van der Waals surface area contributed by atoms with Gasteiger partial charge in [-0.2, -0.15) is 0 Å². The number of benzene rings is 1. The first-order chi connectivity index (χ1) is 10.1. The van der Waals surface area contributed by atoms with Crippen molar-refractivity contribution in [3.8, 4) is 0 Å². The standard InChI is InChI=1S/C16H23N3OS/c1-4-12(5-2)10-17-16(20)19(3)11-15-18-13-8-6-7-9-14(13)21-15/h6-9,12H,4-5,10-11H2,1-3H3,(H,17,20). The Morgan fingerprint density at radius 1 is 1.33 bits per heavy atom. The van der Waals surface area contributed by atoms with Crippen molar-refractivity contribution in [1.82, 2.24) is 15.2 Å². The molecular formula is C16H23N3OS. The van der Waals surface area contributed by atoms with Gasteiger partial charge in [0.1, 0.15) is 5.01 Å². The van der Waals surface area contributed by atoms with Crippen LogP contribution in [0.2, 0.25) is 0 Å². The van der Waals surface area contributed by atoms with E-state index in [1.165, 1.54) is 4.70 Å². The Morgan fingerprint density at radius 3 is 2.71 bits per heavy atom. The SMILES string of the molecule is CCC(CC)CNC(=O)N(C)Cc1nc2ccccc2s1. The molecule has 0 aliphatic heterocycles. The average molecular weight is 305 g/mol. The second-order valence-corrected chi connectivity index (χ2v) is 6.42. The topological polar surface area (TPSA) is 45.2 Å². The molecule has 0 fully saturated rings. The molecule has 0 radical (unpaired) electrons. The third-order valence-electron chi connectivity index (χ3n) is 3.75. The van der Waals surface area contributed by atoms with Gasteiger partial charge in [0.15, 0.2) is 0 Å². The molecule has 114 valence electrons. The lowest BCUT2D eigenvalue weighted by Crippen LogP contribution is -2.39. The number of carbonyl (C=O) groups is 1. The monoisotopic (exact) mass is 305 g/mol. The van der Waals surface area contributed by atoms with Crippen molar-refractivity contribution in [2.45, 2.75) is 33.2 Å². The summed E-state index contributed by atoms with van der Waals surface area (Å²) >= 11 is 1.64. The van der Waals surface area contributed by atoms with Crippen molar-refractivity contribution in [3.63, 3.8) is 0 Å². The number of nitrogens with one attached hydrogen (secondary N) is 1. The zero-order chi connectivity index (χ0) is 15.2. The highest BCUT2D eigenvalue weighted by molar-refractivity contribution is 7.18. The molecular weight excluding hydrogens is 282 g/mol. The van der Waals surface area contributed by atoms with Crippen LogP contribution in [0.3, 0.4) is 0 Å². The van der Waals surface area contributed by atoms with E-state index in [1.54, 1.807) is 16.2 Å². The Labute approximate surface area is 130 Å². The van der Waals surface area contributed by atoms with Gasteiger partial charge in [-0.3, -0.25) is 0 Å². The van der Waals surface area contributed by atoms with Crippen LogP contribution in [0.5, 0.6) is 0 Å². The molecule has 0 saturated carbocycles. The van der Waals surface area contributed by atoms with Crippen LogP contribution >= 0.6 is 11.3 Å². The number of nitrogens with zero attached hydrogens (tertiary/aromatic N) is 2. The molecule has 2 amide bonds. The molecule has 2 rings (SSSR count). The summed E-state index contributed by atoms with van der Waals surface area (Å²) in [5, 5.41) is 3.97. The Morgan fingerprint density at radius 2 is 2.05 bits per heavy atom. The number of amides is 2. The van der Waals surface area contributed by atoms with E-state index in [2.05, 4.69) is 30.2 Å². The molecule has 0 unspecified atom stereocenters. The maximum absolute atomic E-state index is 12.1. The Balaban J connectivity index is 1.91. The van der Waals surface area contributed by atoms with Crippen LogP contribution in [0.25, 0.3) is 10.2 Å². The van der Waals surface area contributed by atoms with Gasteiger partial charge >= 0.3 is 6.03 Å². The molecule has 2 aromatic rings. The van der Waals surface area contributed by atoms with Crippen LogP contribution in [-0.4, -0.2) is 29.5 Å². The summed E-state index contributed by atoms with van der Waals surface area (Å²) in [6, 6.07) is 8.03. The van der Waals surface area contributed by atoms with Gasteiger partial charge in [-0.1, -0.05) is 38.8 Å². The molecule has 0 spiro atoms. The number of rotatable bonds is 6. The van der Waals surface area contributed by atoms with E-state index in [0.717, 1.165) is 29.9 Å². The van der Waals surface area contributed by atoms with Gasteiger partial charge in [-0.25, -0.2) is 9.78 Å². The van der Waals surface area contributed by atoms with Crippen LogP contribution in [-0.2, 0) is 6.54 Å². The van der Waals surface area contributed by atoms with Crippen LogP contribution in [0, 0.1) is 5.92 Å². The Kier molecular flexibility index (Phi) is 5.56. The number of urea groups is 1. The van der Waals surface area contributed by atoms with E-state index in [0.29, 0.717) is 12.5 Å². The normalized spacial score (nSPS) is 11.0. The molecule has 1 heterocycles. The first-order valence-electron chi connectivity index (χ1n) is 7.47. The summed E-state index contributed by atoms with van der Waals surface area (Å²) in [7, 11) is 1.81. The van der Waals surface area contributed by atoms with Gasteiger partial charge in [-0.15, -0.1) is 11.3 Å². The third kappa shape index (κ3) is 4.17. The highest BCUT2D eigenvalue weighted by atomic mass is 32.1. The van der Waals surface area contributed by atoms with E-state index in [-0.39, 0.29) is 6.03 Å². The molecule has 4 nitrogen and oxygen atoms in total. The highest BCUT2D eigenvalue weighted by Crippen LogP contribution is 2.22. The molecule has 0 atom stereocenters. The number of thiazole rings is 1. The predicted octanol–water partition coefficient (Wildman–Crippen LogP) is 3.87. The van der Waals surface area contributed by atoms with Crippen LogP contribution in [0.15, 0.2) is 24.3 Å². The number of aromatic nitrogens is 1. The van der Waals surface area contributed by atoms with Gasteiger partial charge in [0.2, 0.25) is 0 Å². The fourth-order valence-electron chi connectivity index (χ4n) is 2.21. The minimum Gasteiger partial charge on any atom is -0.338 e. The van der Waals surface area contributed by atoms with Crippen molar-refractivity contribution in [1.29, 1.82) is 0 Å². The quantitative estimate of drug-likeness (QED) is 0.880. The molecule has 1 aromatic heterocycles. The van der Waals surface area contributed by atoms with Gasteiger partial charge in [0.25, 0.3) is 0 Å². The van der Waals surface area contributed by atoms with Crippen molar-refractivity contribution >= 4 is 27.6 Å². The fraction of sp³-hybridized carbons (Fsp3) is 0.500. The van der Waals surface area contributed by atoms with Crippen LogP contribution in [0.4, 0.5) is 4.79 Å². The van der Waals surface area contributed by atoms with Crippen molar-refractivity contribution in [3.05, 3.63) is 29.3 Å². The second kappa shape index (κ2) is 7.41.